The van der Waals surface area contributed by atoms with Gasteiger partial charge < -0.3 is 5.73 Å². The third kappa shape index (κ3) is 3.58. The number of halogens is 1. The van der Waals surface area contributed by atoms with Gasteiger partial charge in [0, 0.05) is 12.1 Å². The molecule has 0 aromatic heterocycles. The smallest absolute Gasteiger partial charge is 0.123 e. The molecular weight excluding hydrogens is 251 g/mol. The van der Waals surface area contributed by atoms with Crippen LogP contribution < -0.4 is 5.73 Å². The Morgan fingerprint density at radius 2 is 1.65 bits per heavy atom. The second kappa shape index (κ2) is 6.68. The molecule has 2 nitrogen and oxygen atoms in total. The Balaban J connectivity index is 1.94. The molecule has 2 N–H and O–H groups in total. The predicted octanol–water partition coefficient (Wildman–Crippen LogP) is 3.58. The van der Waals surface area contributed by atoms with Crippen LogP contribution in [-0.4, -0.2) is 24.0 Å². The first-order chi connectivity index (χ1) is 9.49. The van der Waals surface area contributed by atoms with Crippen LogP contribution in [0.25, 0.3) is 0 Å². The number of likely N-dealkylation sites (tertiary alicyclic amines) is 1. The van der Waals surface area contributed by atoms with E-state index in [1.54, 1.807) is 12.1 Å². The van der Waals surface area contributed by atoms with E-state index in [1.807, 2.05) is 0 Å². The zero-order valence-corrected chi connectivity index (χ0v) is 12.8. The van der Waals surface area contributed by atoms with Crippen LogP contribution in [0.2, 0.25) is 0 Å². The Morgan fingerprint density at radius 3 is 2.15 bits per heavy atom. The molecule has 2 unspecified atom stereocenters. The molecule has 1 heterocycles. The normalized spacial score (nSPS) is 21.1. The maximum Gasteiger partial charge on any atom is 0.123 e. The molecule has 0 aliphatic carbocycles. The summed E-state index contributed by atoms with van der Waals surface area (Å²) >= 11 is 0. The number of hydrogen-bond donors (Lipinski definition) is 1. The van der Waals surface area contributed by atoms with E-state index in [1.165, 1.54) is 25.0 Å². The highest BCUT2D eigenvalue weighted by Gasteiger charge is 2.27. The van der Waals surface area contributed by atoms with Gasteiger partial charge in [-0.15, -0.1) is 0 Å². The predicted molar refractivity (Wildman–Crippen MR) is 81.9 cm³/mol. The van der Waals surface area contributed by atoms with Gasteiger partial charge in [0.25, 0.3) is 0 Å². The third-order valence-corrected chi connectivity index (χ3v) is 4.87. The summed E-state index contributed by atoms with van der Waals surface area (Å²) in [7, 11) is 0. The van der Waals surface area contributed by atoms with Gasteiger partial charge in [-0.3, -0.25) is 4.90 Å². The number of piperidine rings is 1. The van der Waals surface area contributed by atoms with Crippen molar-refractivity contribution in [2.75, 3.05) is 13.1 Å². The van der Waals surface area contributed by atoms with Crippen LogP contribution >= 0.6 is 0 Å². The molecule has 112 valence electrons. The van der Waals surface area contributed by atoms with Crippen molar-refractivity contribution in [3.8, 4) is 0 Å². The fraction of sp³-hybridized carbons (Fsp3) is 0.647. The van der Waals surface area contributed by atoms with E-state index >= 15 is 0 Å². The molecular formula is C17H27FN2. The molecule has 2 rings (SSSR count). The van der Waals surface area contributed by atoms with Crippen molar-refractivity contribution in [2.45, 2.75) is 45.7 Å². The molecule has 1 aliphatic rings. The molecule has 3 heteroatoms. The summed E-state index contributed by atoms with van der Waals surface area (Å²) in [5, 5.41) is 0. The highest BCUT2D eigenvalue weighted by atomic mass is 19.1. The first-order valence-corrected chi connectivity index (χ1v) is 7.74. The van der Waals surface area contributed by atoms with Crippen molar-refractivity contribution in [3.05, 3.63) is 35.6 Å². The Kier molecular flexibility index (Phi) is 5.17. The minimum Gasteiger partial charge on any atom is -0.323 e. The minimum atomic E-state index is -0.202. The average Bonchev–Trinajstić information content (AvgIpc) is 2.46. The van der Waals surface area contributed by atoms with Gasteiger partial charge in [0.2, 0.25) is 0 Å². The van der Waals surface area contributed by atoms with Crippen molar-refractivity contribution in [1.29, 1.82) is 0 Å². The van der Waals surface area contributed by atoms with E-state index in [9.17, 15) is 4.39 Å². The van der Waals surface area contributed by atoms with E-state index in [0.717, 1.165) is 30.5 Å². The van der Waals surface area contributed by atoms with E-state index in [0.29, 0.717) is 6.04 Å². The van der Waals surface area contributed by atoms with Crippen molar-refractivity contribution >= 4 is 0 Å². The SMILES string of the molecule is CC(C)C1CCN(C(C)C(N)c2ccc(F)cc2)CC1. The number of hydrogen-bond acceptors (Lipinski definition) is 2. The summed E-state index contributed by atoms with van der Waals surface area (Å²) in [5.41, 5.74) is 7.37. The first kappa shape index (κ1) is 15.5. The maximum absolute atomic E-state index is 13.0. The molecule has 1 aromatic rings. The fourth-order valence-electron chi connectivity index (χ4n) is 3.18. The summed E-state index contributed by atoms with van der Waals surface area (Å²) in [4.78, 5) is 2.48. The molecule has 20 heavy (non-hydrogen) atoms. The van der Waals surface area contributed by atoms with Crippen LogP contribution in [0.4, 0.5) is 4.39 Å². The van der Waals surface area contributed by atoms with Gasteiger partial charge in [0.1, 0.15) is 5.82 Å². The summed E-state index contributed by atoms with van der Waals surface area (Å²) in [6.07, 6.45) is 2.52. The second-order valence-corrected chi connectivity index (χ2v) is 6.44. The zero-order chi connectivity index (χ0) is 14.7. The Morgan fingerprint density at radius 1 is 1.10 bits per heavy atom. The fourth-order valence-corrected chi connectivity index (χ4v) is 3.18. The van der Waals surface area contributed by atoms with Crippen LogP contribution in [0.3, 0.4) is 0 Å². The third-order valence-electron chi connectivity index (χ3n) is 4.87. The molecule has 0 amide bonds. The number of benzene rings is 1. The molecule has 1 saturated heterocycles. The summed E-state index contributed by atoms with van der Waals surface area (Å²) in [6, 6.07) is 6.84. The lowest BCUT2D eigenvalue weighted by Gasteiger charge is -2.39. The summed E-state index contributed by atoms with van der Waals surface area (Å²) < 4.78 is 13.0. The largest absolute Gasteiger partial charge is 0.323 e. The van der Waals surface area contributed by atoms with Crippen molar-refractivity contribution in [3.63, 3.8) is 0 Å². The molecule has 0 bridgehead atoms. The van der Waals surface area contributed by atoms with E-state index < -0.39 is 0 Å². The van der Waals surface area contributed by atoms with Gasteiger partial charge >= 0.3 is 0 Å². The number of rotatable bonds is 4. The highest BCUT2D eigenvalue weighted by molar-refractivity contribution is 5.21. The minimum absolute atomic E-state index is 0.0498. The Bertz CT molecular complexity index is 408. The second-order valence-electron chi connectivity index (χ2n) is 6.44. The molecule has 2 atom stereocenters. The van der Waals surface area contributed by atoms with E-state index in [2.05, 4.69) is 25.7 Å². The maximum atomic E-state index is 13.0. The number of nitrogens with zero attached hydrogens (tertiary/aromatic N) is 1. The monoisotopic (exact) mass is 278 g/mol. The van der Waals surface area contributed by atoms with E-state index in [-0.39, 0.29) is 11.9 Å². The molecule has 1 aliphatic heterocycles. The van der Waals surface area contributed by atoms with Crippen LogP contribution in [0, 0.1) is 17.7 Å². The van der Waals surface area contributed by atoms with Crippen molar-refractivity contribution in [2.24, 2.45) is 17.6 Å². The lowest BCUT2D eigenvalue weighted by Crippen LogP contribution is -2.45. The van der Waals surface area contributed by atoms with Gasteiger partial charge in [-0.25, -0.2) is 4.39 Å². The van der Waals surface area contributed by atoms with Gasteiger partial charge in [0.05, 0.1) is 0 Å². The molecule has 0 saturated carbocycles. The van der Waals surface area contributed by atoms with Gasteiger partial charge in [-0.1, -0.05) is 26.0 Å². The van der Waals surface area contributed by atoms with Crippen LogP contribution in [-0.2, 0) is 0 Å². The zero-order valence-electron chi connectivity index (χ0n) is 12.8. The lowest BCUT2D eigenvalue weighted by molar-refractivity contribution is 0.109. The molecule has 1 aromatic carbocycles. The quantitative estimate of drug-likeness (QED) is 0.912. The van der Waals surface area contributed by atoms with E-state index in [4.69, 9.17) is 5.73 Å². The van der Waals surface area contributed by atoms with Gasteiger partial charge in [-0.2, -0.15) is 0 Å². The van der Waals surface area contributed by atoms with Gasteiger partial charge in [0.15, 0.2) is 0 Å². The lowest BCUT2D eigenvalue weighted by atomic mass is 9.85. The summed E-state index contributed by atoms with van der Waals surface area (Å²) in [6.45, 7) is 9.06. The number of nitrogens with two attached hydrogens (primary N) is 1. The Hall–Kier alpha value is -0.930. The summed E-state index contributed by atoms with van der Waals surface area (Å²) in [5.74, 6) is 1.42. The average molecular weight is 278 g/mol. The Labute approximate surface area is 122 Å². The van der Waals surface area contributed by atoms with Crippen LogP contribution in [0.15, 0.2) is 24.3 Å². The highest BCUT2D eigenvalue weighted by Crippen LogP contribution is 2.28. The van der Waals surface area contributed by atoms with Crippen molar-refractivity contribution in [1.82, 2.24) is 4.90 Å². The molecule has 0 radical (unpaired) electrons. The van der Waals surface area contributed by atoms with Gasteiger partial charge in [-0.05, 0) is 62.4 Å². The van der Waals surface area contributed by atoms with Crippen LogP contribution in [0.5, 0.6) is 0 Å². The topological polar surface area (TPSA) is 29.3 Å². The van der Waals surface area contributed by atoms with Crippen LogP contribution in [0.1, 0.15) is 45.2 Å². The molecule has 1 fully saturated rings. The standard InChI is InChI=1S/C17H27FN2/c1-12(2)14-8-10-20(11-9-14)13(3)17(19)15-4-6-16(18)7-5-15/h4-7,12-14,17H,8-11,19H2,1-3H3. The molecule has 0 spiro atoms. The van der Waals surface area contributed by atoms with Crippen molar-refractivity contribution < 1.29 is 4.39 Å². The first-order valence-electron chi connectivity index (χ1n) is 7.74.